The Morgan fingerprint density at radius 2 is 1.85 bits per heavy atom. The molecule has 0 saturated carbocycles. The number of guanidine groups is 1. The summed E-state index contributed by atoms with van der Waals surface area (Å²) in [5.41, 5.74) is 1.39. The Kier molecular flexibility index (Phi) is 11.3. The van der Waals surface area contributed by atoms with Crippen LogP contribution in [0, 0.1) is 0 Å². The summed E-state index contributed by atoms with van der Waals surface area (Å²) in [7, 11) is 3.60. The Hall–Kier alpha value is -0.860. The van der Waals surface area contributed by atoms with E-state index in [0.717, 1.165) is 58.1 Å². The number of methoxy groups -OCH3 is 1. The van der Waals surface area contributed by atoms with Crippen LogP contribution >= 0.6 is 24.0 Å². The maximum absolute atomic E-state index is 5.95. The summed E-state index contributed by atoms with van der Waals surface area (Å²) in [6, 6.07) is 10.6. The number of nitrogens with one attached hydrogen (secondary N) is 1. The van der Waals surface area contributed by atoms with Crippen LogP contribution in [0.1, 0.15) is 38.7 Å². The SMILES string of the molecule is CN=C(NCC(C)(C)c1ccccc1)N1CCC(OCCCOC)CC1.I. The van der Waals surface area contributed by atoms with Gasteiger partial charge in [0.05, 0.1) is 6.10 Å². The third-order valence-corrected chi connectivity index (χ3v) is 5.04. The smallest absolute Gasteiger partial charge is 0.193 e. The highest BCUT2D eigenvalue weighted by molar-refractivity contribution is 14.0. The van der Waals surface area contributed by atoms with Gasteiger partial charge in [-0.3, -0.25) is 4.99 Å². The molecule has 0 aliphatic carbocycles. The molecule has 1 aromatic rings. The topological polar surface area (TPSA) is 46.1 Å². The van der Waals surface area contributed by atoms with Crippen LogP contribution in [0.3, 0.4) is 0 Å². The summed E-state index contributed by atoms with van der Waals surface area (Å²) in [6.07, 6.45) is 3.43. The first-order valence-corrected chi connectivity index (χ1v) is 9.68. The Bertz CT molecular complexity index is 544. The van der Waals surface area contributed by atoms with Gasteiger partial charge >= 0.3 is 0 Å². The standard InChI is InChI=1S/C21H35N3O2.HI/c1-21(2,18-9-6-5-7-10-18)17-23-20(22-3)24-13-11-19(12-14-24)26-16-8-15-25-4;/h5-7,9-10,19H,8,11-17H2,1-4H3,(H,22,23);1H. The van der Waals surface area contributed by atoms with Gasteiger partial charge in [-0.25, -0.2) is 0 Å². The van der Waals surface area contributed by atoms with Crippen LogP contribution in [0.15, 0.2) is 35.3 Å². The molecular formula is C21H36IN3O2. The minimum Gasteiger partial charge on any atom is -0.385 e. The molecule has 1 fully saturated rings. The summed E-state index contributed by atoms with van der Waals surface area (Å²) in [5.74, 6) is 0.992. The van der Waals surface area contributed by atoms with Gasteiger partial charge in [0.1, 0.15) is 0 Å². The number of rotatable bonds is 8. The zero-order chi connectivity index (χ0) is 18.8. The van der Waals surface area contributed by atoms with Crippen molar-refractivity contribution < 1.29 is 9.47 Å². The van der Waals surface area contributed by atoms with E-state index in [0.29, 0.717) is 6.10 Å². The van der Waals surface area contributed by atoms with Crippen LogP contribution in [-0.4, -0.2) is 64.0 Å². The average Bonchev–Trinajstić information content (AvgIpc) is 2.67. The fraction of sp³-hybridized carbons (Fsp3) is 0.667. The molecule has 5 nitrogen and oxygen atoms in total. The van der Waals surface area contributed by atoms with Gasteiger partial charge in [0, 0.05) is 52.4 Å². The lowest BCUT2D eigenvalue weighted by Crippen LogP contribution is -2.49. The van der Waals surface area contributed by atoms with Crippen molar-refractivity contribution in [1.29, 1.82) is 0 Å². The predicted molar refractivity (Wildman–Crippen MR) is 123 cm³/mol. The van der Waals surface area contributed by atoms with Crippen LogP contribution < -0.4 is 5.32 Å². The summed E-state index contributed by atoms with van der Waals surface area (Å²) < 4.78 is 11.0. The quantitative estimate of drug-likeness (QED) is 0.262. The van der Waals surface area contributed by atoms with E-state index in [2.05, 4.69) is 59.4 Å². The Morgan fingerprint density at radius 3 is 2.44 bits per heavy atom. The van der Waals surface area contributed by atoms with Gasteiger partial charge in [-0.15, -0.1) is 24.0 Å². The maximum atomic E-state index is 5.95. The molecule has 1 aliphatic heterocycles. The fourth-order valence-electron chi connectivity index (χ4n) is 3.31. The van der Waals surface area contributed by atoms with E-state index in [-0.39, 0.29) is 29.4 Å². The molecule has 0 atom stereocenters. The number of aliphatic imine (C=N–C) groups is 1. The minimum absolute atomic E-state index is 0. The van der Waals surface area contributed by atoms with Crippen molar-refractivity contribution in [3.63, 3.8) is 0 Å². The second-order valence-corrected chi connectivity index (χ2v) is 7.55. The molecule has 1 aromatic carbocycles. The van der Waals surface area contributed by atoms with Crippen molar-refractivity contribution in [3.8, 4) is 0 Å². The molecule has 0 radical (unpaired) electrons. The number of piperidine rings is 1. The molecule has 1 heterocycles. The second kappa shape index (κ2) is 12.6. The normalized spacial score (nSPS) is 16.1. The zero-order valence-electron chi connectivity index (χ0n) is 17.2. The molecule has 6 heteroatoms. The van der Waals surface area contributed by atoms with Gasteiger partial charge in [-0.05, 0) is 24.8 Å². The molecule has 1 N–H and O–H groups in total. The number of halogens is 1. The number of hydrogen-bond donors (Lipinski definition) is 1. The van der Waals surface area contributed by atoms with Crippen molar-refractivity contribution in [2.45, 2.75) is 44.6 Å². The zero-order valence-corrected chi connectivity index (χ0v) is 19.6. The Labute approximate surface area is 181 Å². The lowest BCUT2D eigenvalue weighted by atomic mass is 9.85. The van der Waals surface area contributed by atoms with E-state index in [1.54, 1.807) is 7.11 Å². The van der Waals surface area contributed by atoms with E-state index in [4.69, 9.17) is 9.47 Å². The van der Waals surface area contributed by atoms with Gasteiger partial charge in [-0.2, -0.15) is 0 Å². The van der Waals surface area contributed by atoms with Gasteiger partial charge < -0.3 is 19.7 Å². The molecule has 0 unspecified atom stereocenters. The molecule has 0 aromatic heterocycles. The maximum Gasteiger partial charge on any atom is 0.193 e. The highest BCUT2D eigenvalue weighted by Gasteiger charge is 2.25. The lowest BCUT2D eigenvalue weighted by molar-refractivity contribution is 0.00987. The molecular weight excluding hydrogens is 453 g/mol. The average molecular weight is 489 g/mol. The van der Waals surface area contributed by atoms with Crippen LogP contribution in [0.4, 0.5) is 0 Å². The lowest BCUT2D eigenvalue weighted by Gasteiger charge is -2.35. The van der Waals surface area contributed by atoms with E-state index in [1.165, 1.54) is 5.56 Å². The highest BCUT2D eigenvalue weighted by atomic mass is 127. The summed E-state index contributed by atoms with van der Waals surface area (Å²) >= 11 is 0. The van der Waals surface area contributed by atoms with E-state index < -0.39 is 0 Å². The van der Waals surface area contributed by atoms with Crippen LogP contribution in [-0.2, 0) is 14.9 Å². The monoisotopic (exact) mass is 489 g/mol. The molecule has 27 heavy (non-hydrogen) atoms. The molecule has 1 aliphatic rings. The number of likely N-dealkylation sites (tertiary alicyclic amines) is 1. The first kappa shape index (κ1) is 24.2. The van der Waals surface area contributed by atoms with Crippen molar-refractivity contribution in [2.24, 2.45) is 4.99 Å². The fourth-order valence-corrected chi connectivity index (χ4v) is 3.31. The van der Waals surface area contributed by atoms with Crippen molar-refractivity contribution in [1.82, 2.24) is 10.2 Å². The predicted octanol–water partition coefficient (Wildman–Crippen LogP) is 3.68. The largest absolute Gasteiger partial charge is 0.385 e. The summed E-state index contributed by atoms with van der Waals surface area (Å²) in [6.45, 7) is 8.92. The molecule has 0 spiro atoms. The van der Waals surface area contributed by atoms with Crippen molar-refractivity contribution >= 4 is 29.9 Å². The third kappa shape index (κ3) is 7.95. The van der Waals surface area contributed by atoms with Crippen molar-refractivity contribution in [2.75, 3.05) is 47.0 Å². The van der Waals surface area contributed by atoms with Crippen molar-refractivity contribution in [3.05, 3.63) is 35.9 Å². The first-order valence-electron chi connectivity index (χ1n) is 9.68. The van der Waals surface area contributed by atoms with Gasteiger partial charge in [0.25, 0.3) is 0 Å². The van der Waals surface area contributed by atoms with Crippen LogP contribution in [0.25, 0.3) is 0 Å². The van der Waals surface area contributed by atoms with E-state index in [1.807, 2.05) is 7.05 Å². The second-order valence-electron chi connectivity index (χ2n) is 7.55. The van der Waals surface area contributed by atoms with Crippen LogP contribution in [0.5, 0.6) is 0 Å². The number of benzene rings is 1. The first-order chi connectivity index (χ1) is 12.6. The van der Waals surface area contributed by atoms with Crippen LogP contribution in [0.2, 0.25) is 0 Å². The highest BCUT2D eigenvalue weighted by Crippen LogP contribution is 2.22. The molecule has 1 saturated heterocycles. The van der Waals surface area contributed by atoms with E-state index in [9.17, 15) is 0 Å². The molecule has 154 valence electrons. The number of ether oxygens (including phenoxy) is 2. The summed E-state index contributed by atoms with van der Waals surface area (Å²) in [4.78, 5) is 6.84. The Balaban J connectivity index is 0.00000364. The molecule has 2 rings (SSSR count). The summed E-state index contributed by atoms with van der Waals surface area (Å²) in [5, 5.41) is 3.57. The van der Waals surface area contributed by atoms with Gasteiger partial charge in [0.15, 0.2) is 5.96 Å². The number of hydrogen-bond acceptors (Lipinski definition) is 3. The minimum atomic E-state index is 0. The van der Waals surface area contributed by atoms with Gasteiger partial charge in [0.2, 0.25) is 0 Å². The number of nitrogens with zero attached hydrogens (tertiary/aromatic N) is 2. The van der Waals surface area contributed by atoms with Gasteiger partial charge in [-0.1, -0.05) is 44.2 Å². The van der Waals surface area contributed by atoms with E-state index >= 15 is 0 Å². The molecule has 0 amide bonds. The third-order valence-electron chi connectivity index (χ3n) is 5.04. The molecule has 0 bridgehead atoms. The Morgan fingerprint density at radius 1 is 1.19 bits per heavy atom.